The minimum Gasteiger partial charge on any atom is -0.351 e. The molecule has 4 nitrogen and oxygen atoms in total. The van der Waals surface area contributed by atoms with Crippen LogP contribution in [-0.2, 0) is 17.8 Å². The third-order valence-electron chi connectivity index (χ3n) is 2.58. The maximum atomic E-state index is 11.8. The third kappa shape index (κ3) is 4.19. The van der Waals surface area contributed by atoms with Crippen molar-refractivity contribution in [2.45, 2.75) is 13.0 Å². The number of hydrogen-bond donors (Lipinski definition) is 2. The molecule has 20 heavy (non-hydrogen) atoms. The minimum atomic E-state index is -0.0464. The molecule has 5 heteroatoms. The first kappa shape index (κ1) is 14.3. The van der Waals surface area contributed by atoms with E-state index in [4.69, 9.17) is 5.73 Å². The van der Waals surface area contributed by atoms with Gasteiger partial charge in [-0.05, 0) is 23.6 Å². The number of amides is 1. The van der Waals surface area contributed by atoms with Gasteiger partial charge in [0.2, 0.25) is 5.91 Å². The predicted octanol–water partition coefficient (Wildman–Crippen LogP) is 1.31. The first-order valence-electron chi connectivity index (χ1n) is 6.21. The molecular weight excluding hydrogens is 270 g/mol. The Kier molecular flexibility index (Phi) is 5.30. The van der Waals surface area contributed by atoms with Crippen LogP contribution in [-0.4, -0.2) is 17.4 Å². The van der Waals surface area contributed by atoms with Gasteiger partial charge in [-0.15, -0.1) is 11.3 Å². The monoisotopic (exact) mass is 285 g/mol. The molecule has 0 unspecified atom stereocenters. The van der Waals surface area contributed by atoms with Crippen molar-refractivity contribution in [3.8, 4) is 11.8 Å². The lowest BCUT2D eigenvalue weighted by Crippen LogP contribution is -2.24. The van der Waals surface area contributed by atoms with Crippen LogP contribution in [0.2, 0.25) is 0 Å². The zero-order valence-corrected chi connectivity index (χ0v) is 11.7. The van der Waals surface area contributed by atoms with Gasteiger partial charge in [0, 0.05) is 22.3 Å². The fourth-order valence-electron chi connectivity index (χ4n) is 1.64. The molecule has 0 saturated carbocycles. The maximum Gasteiger partial charge on any atom is 0.226 e. The van der Waals surface area contributed by atoms with Crippen LogP contribution in [0.3, 0.4) is 0 Å². The van der Waals surface area contributed by atoms with Gasteiger partial charge in [-0.2, -0.15) is 0 Å². The van der Waals surface area contributed by atoms with Crippen molar-refractivity contribution in [3.63, 3.8) is 0 Å². The molecule has 102 valence electrons. The first-order chi connectivity index (χ1) is 9.79. The average Bonchev–Trinajstić information content (AvgIpc) is 2.91. The summed E-state index contributed by atoms with van der Waals surface area (Å²) in [6, 6.07) is 7.47. The fraction of sp³-hybridized carbons (Fsp3) is 0.200. The maximum absolute atomic E-state index is 11.8. The number of nitrogens with one attached hydrogen (secondary N) is 1. The standard InChI is InChI=1S/C15H15N3OS/c16-7-3-4-12-6-9-20-14(12)11-18-15(19)10-13-5-1-2-8-17-13/h1-2,5-6,8-9H,7,10-11,16H2,(H,18,19). The summed E-state index contributed by atoms with van der Waals surface area (Å²) >= 11 is 1.57. The Labute approximate surface area is 122 Å². The number of nitrogens with zero attached hydrogens (tertiary/aromatic N) is 1. The number of thiophene rings is 1. The van der Waals surface area contributed by atoms with E-state index in [9.17, 15) is 4.79 Å². The lowest BCUT2D eigenvalue weighted by atomic mass is 10.2. The number of hydrogen-bond acceptors (Lipinski definition) is 4. The molecule has 0 spiro atoms. The Morgan fingerprint density at radius 2 is 2.30 bits per heavy atom. The van der Waals surface area contributed by atoms with Crippen molar-refractivity contribution < 1.29 is 4.79 Å². The highest BCUT2D eigenvalue weighted by Crippen LogP contribution is 2.15. The van der Waals surface area contributed by atoms with E-state index < -0.39 is 0 Å². The van der Waals surface area contributed by atoms with Gasteiger partial charge >= 0.3 is 0 Å². The second-order valence-electron chi connectivity index (χ2n) is 4.04. The van der Waals surface area contributed by atoms with E-state index in [1.807, 2.05) is 29.6 Å². The number of carbonyl (C=O) groups excluding carboxylic acids is 1. The third-order valence-corrected chi connectivity index (χ3v) is 3.51. The van der Waals surface area contributed by atoms with Crippen LogP contribution in [0.1, 0.15) is 16.1 Å². The average molecular weight is 285 g/mol. The van der Waals surface area contributed by atoms with E-state index in [0.29, 0.717) is 13.1 Å². The Morgan fingerprint density at radius 3 is 3.05 bits per heavy atom. The number of nitrogens with two attached hydrogens (primary N) is 1. The Balaban J connectivity index is 1.89. The first-order valence-corrected chi connectivity index (χ1v) is 7.09. The van der Waals surface area contributed by atoms with Gasteiger partial charge in [0.15, 0.2) is 0 Å². The van der Waals surface area contributed by atoms with Gasteiger partial charge in [-0.25, -0.2) is 0 Å². The fourth-order valence-corrected chi connectivity index (χ4v) is 2.41. The van der Waals surface area contributed by atoms with Crippen LogP contribution >= 0.6 is 11.3 Å². The second kappa shape index (κ2) is 7.43. The molecule has 0 aromatic carbocycles. The normalized spacial score (nSPS) is 9.65. The van der Waals surface area contributed by atoms with Crippen LogP contribution in [0, 0.1) is 11.8 Å². The number of carbonyl (C=O) groups is 1. The molecule has 0 aliphatic carbocycles. The summed E-state index contributed by atoms with van der Waals surface area (Å²) < 4.78 is 0. The number of rotatable bonds is 4. The van der Waals surface area contributed by atoms with Gasteiger partial charge in [-0.1, -0.05) is 17.9 Å². The Bertz CT molecular complexity index is 625. The molecule has 0 aliphatic rings. The molecule has 0 radical (unpaired) electrons. The van der Waals surface area contributed by atoms with Crippen molar-refractivity contribution >= 4 is 17.2 Å². The second-order valence-corrected chi connectivity index (χ2v) is 5.04. The van der Waals surface area contributed by atoms with E-state index in [0.717, 1.165) is 16.1 Å². The highest BCUT2D eigenvalue weighted by atomic mass is 32.1. The Morgan fingerprint density at radius 1 is 1.40 bits per heavy atom. The van der Waals surface area contributed by atoms with Crippen molar-refractivity contribution in [2.75, 3.05) is 6.54 Å². The molecule has 0 fully saturated rings. The van der Waals surface area contributed by atoms with Gasteiger partial charge < -0.3 is 11.1 Å². The molecule has 0 aliphatic heterocycles. The highest BCUT2D eigenvalue weighted by molar-refractivity contribution is 7.10. The van der Waals surface area contributed by atoms with Crippen LogP contribution in [0.4, 0.5) is 0 Å². The SMILES string of the molecule is NCC#Cc1ccsc1CNC(=O)Cc1ccccn1. The summed E-state index contributed by atoms with van der Waals surface area (Å²) in [6.45, 7) is 0.819. The largest absolute Gasteiger partial charge is 0.351 e. The molecule has 0 atom stereocenters. The smallest absolute Gasteiger partial charge is 0.226 e. The van der Waals surface area contributed by atoms with Crippen LogP contribution in [0.15, 0.2) is 35.8 Å². The zero-order valence-electron chi connectivity index (χ0n) is 10.9. The molecule has 2 aromatic heterocycles. The number of aromatic nitrogens is 1. The van der Waals surface area contributed by atoms with Crippen LogP contribution in [0.25, 0.3) is 0 Å². The molecule has 3 N–H and O–H groups in total. The van der Waals surface area contributed by atoms with E-state index in [1.54, 1.807) is 17.5 Å². The van der Waals surface area contributed by atoms with E-state index >= 15 is 0 Å². The molecule has 2 heterocycles. The van der Waals surface area contributed by atoms with E-state index in [1.165, 1.54) is 0 Å². The Hall–Kier alpha value is -2.16. The summed E-state index contributed by atoms with van der Waals surface area (Å²) in [5.41, 5.74) is 7.05. The van der Waals surface area contributed by atoms with Crippen molar-refractivity contribution in [1.82, 2.24) is 10.3 Å². The summed E-state index contributed by atoms with van der Waals surface area (Å²) in [7, 11) is 0. The molecule has 0 saturated heterocycles. The van der Waals surface area contributed by atoms with E-state index in [-0.39, 0.29) is 12.3 Å². The molecule has 2 aromatic rings. The lowest BCUT2D eigenvalue weighted by Gasteiger charge is -2.04. The van der Waals surface area contributed by atoms with Crippen LogP contribution in [0.5, 0.6) is 0 Å². The summed E-state index contributed by atoms with van der Waals surface area (Å²) in [5, 5.41) is 4.84. The van der Waals surface area contributed by atoms with Crippen molar-refractivity contribution in [3.05, 3.63) is 52.0 Å². The topological polar surface area (TPSA) is 68.0 Å². The van der Waals surface area contributed by atoms with E-state index in [2.05, 4.69) is 22.1 Å². The van der Waals surface area contributed by atoms with Gasteiger partial charge in [0.1, 0.15) is 0 Å². The van der Waals surface area contributed by atoms with Gasteiger partial charge in [0.25, 0.3) is 0 Å². The summed E-state index contributed by atoms with van der Waals surface area (Å²) in [4.78, 5) is 17.0. The summed E-state index contributed by atoms with van der Waals surface area (Å²) in [5.74, 6) is 5.77. The quantitative estimate of drug-likeness (QED) is 0.832. The van der Waals surface area contributed by atoms with Crippen LogP contribution < -0.4 is 11.1 Å². The van der Waals surface area contributed by atoms with Crippen molar-refractivity contribution in [1.29, 1.82) is 0 Å². The minimum absolute atomic E-state index is 0.0464. The predicted molar refractivity (Wildman–Crippen MR) is 80.0 cm³/mol. The highest BCUT2D eigenvalue weighted by Gasteiger charge is 2.06. The van der Waals surface area contributed by atoms with Crippen molar-refractivity contribution in [2.24, 2.45) is 5.73 Å². The summed E-state index contributed by atoms with van der Waals surface area (Å²) in [6.07, 6.45) is 1.97. The van der Waals surface area contributed by atoms with Gasteiger partial charge in [-0.3, -0.25) is 9.78 Å². The number of pyridine rings is 1. The molecule has 0 bridgehead atoms. The van der Waals surface area contributed by atoms with Gasteiger partial charge in [0.05, 0.1) is 19.5 Å². The zero-order chi connectivity index (χ0) is 14.2. The molecule has 1 amide bonds. The molecular formula is C15H15N3OS. The lowest BCUT2D eigenvalue weighted by molar-refractivity contribution is -0.120. The molecule has 2 rings (SSSR count).